The van der Waals surface area contributed by atoms with E-state index in [-0.39, 0.29) is 34.6 Å². The minimum absolute atomic E-state index is 0.0174. The topological polar surface area (TPSA) is 76.3 Å². The summed E-state index contributed by atoms with van der Waals surface area (Å²) in [5.41, 5.74) is -0.0204. The van der Waals surface area contributed by atoms with Crippen LogP contribution < -0.4 is 21.5 Å². The van der Waals surface area contributed by atoms with Crippen molar-refractivity contribution < 1.29 is 9.18 Å². The summed E-state index contributed by atoms with van der Waals surface area (Å²) < 4.78 is 15.9. The van der Waals surface area contributed by atoms with Gasteiger partial charge in [-0.1, -0.05) is 17.7 Å². The summed E-state index contributed by atoms with van der Waals surface area (Å²) in [6, 6.07) is 5.79. The van der Waals surface area contributed by atoms with Gasteiger partial charge < -0.3 is 10.2 Å². The minimum Gasteiger partial charge on any atom is -0.357 e. The van der Waals surface area contributed by atoms with Gasteiger partial charge in [-0.05, 0) is 37.5 Å². The van der Waals surface area contributed by atoms with Crippen molar-refractivity contribution in [3.05, 3.63) is 61.5 Å². The van der Waals surface area contributed by atoms with Crippen LogP contribution in [0.25, 0.3) is 0 Å². The largest absolute Gasteiger partial charge is 0.357 e. The first-order chi connectivity index (χ1) is 13.8. The highest BCUT2D eigenvalue weighted by molar-refractivity contribution is 6.30. The van der Waals surface area contributed by atoms with Crippen molar-refractivity contribution in [2.75, 3.05) is 18.0 Å². The predicted octanol–water partition coefficient (Wildman–Crippen LogP) is 1.89. The van der Waals surface area contributed by atoms with Crippen molar-refractivity contribution in [2.45, 2.75) is 32.9 Å². The number of hydrogen-bond donors (Lipinski definition) is 1. The smallest absolute Gasteiger partial charge is 0.332 e. The Balaban J connectivity index is 1.72. The van der Waals surface area contributed by atoms with Gasteiger partial charge in [0.15, 0.2) is 0 Å². The third kappa shape index (κ3) is 4.53. The number of anilines is 1. The van der Waals surface area contributed by atoms with Crippen LogP contribution in [-0.2, 0) is 24.9 Å². The molecule has 1 fully saturated rings. The molecule has 1 atom stereocenters. The van der Waals surface area contributed by atoms with Crippen molar-refractivity contribution in [3.8, 4) is 0 Å². The van der Waals surface area contributed by atoms with Crippen LogP contribution in [0.1, 0.15) is 25.3 Å². The van der Waals surface area contributed by atoms with E-state index >= 15 is 0 Å². The number of carbonyl (C=O) groups excluding carboxylic acids is 1. The van der Waals surface area contributed by atoms with Crippen LogP contribution in [0.4, 0.5) is 10.2 Å². The van der Waals surface area contributed by atoms with E-state index in [2.05, 4.69) is 5.32 Å². The summed E-state index contributed by atoms with van der Waals surface area (Å²) in [5, 5.41) is 2.88. The summed E-state index contributed by atoms with van der Waals surface area (Å²) in [7, 11) is 1.45. The first kappa shape index (κ1) is 21.1. The molecule has 1 saturated heterocycles. The van der Waals surface area contributed by atoms with Crippen molar-refractivity contribution >= 4 is 23.3 Å². The van der Waals surface area contributed by atoms with E-state index in [0.717, 1.165) is 11.0 Å². The maximum atomic E-state index is 13.3. The van der Waals surface area contributed by atoms with Gasteiger partial charge in [-0.15, -0.1) is 0 Å². The molecule has 1 N–H and O–H groups in total. The Morgan fingerprint density at radius 3 is 2.76 bits per heavy atom. The third-order valence-corrected chi connectivity index (χ3v) is 5.55. The number of rotatable bonds is 5. The van der Waals surface area contributed by atoms with Crippen LogP contribution in [-0.4, -0.2) is 28.1 Å². The van der Waals surface area contributed by atoms with Crippen molar-refractivity contribution in [3.63, 3.8) is 0 Å². The molecule has 0 spiro atoms. The highest BCUT2D eigenvalue weighted by Gasteiger charge is 2.27. The van der Waals surface area contributed by atoms with Gasteiger partial charge in [0, 0.05) is 39.3 Å². The Hall–Kier alpha value is -2.61. The fourth-order valence-corrected chi connectivity index (χ4v) is 3.80. The summed E-state index contributed by atoms with van der Waals surface area (Å²) in [6.45, 7) is 3.62. The number of nitrogens with one attached hydrogen (secondary N) is 1. The molecule has 1 aromatic carbocycles. The second-order valence-electron chi connectivity index (χ2n) is 7.18. The van der Waals surface area contributed by atoms with E-state index in [1.54, 1.807) is 10.6 Å². The quantitative estimate of drug-likeness (QED) is 0.798. The standard InChI is InChI=1S/C20H24ClFN4O3/c1-3-26-17(10-18(27)24(2)20(26)29)25-8-4-5-14(12-25)19(28)23-11-13-6-7-16(22)15(21)9-13/h6-7,9-10,14H,3-5,8,11-12H2,1-2H3,(H,23,28). The molecular weight excluding hydrogens is 399 g/mol. The second kappa shape index (κ2) is 8.82. The van der Waals surface area contributed by atoms with Gasteiger partial charge in [0.2, 0.25) is 5.91 Å². The van der Waals surface area contributed by atoms with E-state index in [0.29, 0.717) is 37.4 Å². The fraction of sp³-hybridized carbons (Fsp3) is 0.450. The maximum absolute atomic E-state index is 13.3. The lowest BCUT2D eigenvalue weighted by molar-refractivity contribution is -0.125. The number of benzene rings is 1. The van der Waals surface area contributed by atoms with Crippen molar-refractivity contribution in [1.29, 1.82) is 0 Å². The van der Waals surface area contributed by atoms with Crippen LogP contribution in [0.3, 0.4) is 0 Å². The highest BCUT2D eigenvalue weighted by atomic mass is 35.5. The molecule has 1 aromatic heterocycles. The number of carbonyl (C=O) groups is 1. The Kier molecular flexibility index (Phi) is 6.42. The molecule has 1 aliphatic rings. The first-order valence-electron chi connectivity index (χ1n) is 9.59. The Labute approximate surface area is 172 Å². The van der Waals surface area contributed by atoms with Gasteiger partial charge in [-0.3, -0.25) is 18.7 Å². The minimum atomic E-state index is -0.499. The average molecular weight is 423 g/mol. The molecule has 3 rings (SSSR count). The zero-order valence-corrected chi connectivity index (χ0v) is 17.2. The number of amides is 1. The van der Waals surface area contributed by atoms with Gasteiger partial charge in [0.1, 0.15) is 11.6 Å². The lowest BCUT2D eigenvalue weighted by atomic mass is 9.97. The molecule has 1 amide bonds. The van der Waals surface area contributed by atoms with Gasteiger partial charge in [0.05, 0.1) is 10.9 Å². The molecule has 0 saturated carbocycles. The maximum Gasteiger partial charge on any atom is 0.332 e. The van der Waals surface area contributed by atoms with Crippen LogP contribution in [0.5, 0.6) is 0 Å². The number of aromatic nitrogens is 2. The average Bonchev–Trinajstić information content (AvgIpc) is 2.72. The van der Waals surface area contributed by atoms with Crippen LogP contribution in [0.2, 0.25) is 5.02 Å². The normalized spacial score (nSPS) is 16.7. The van der Waals surface area contributed by atoms with Gasteiger partial charge in [0.25, 0.3) is 5.56 Å². The molecular formula is C20H24ClFN4O3. The SMILES string of the molecule is CCn1c(N2CCCC(C(=O)NCc3ccc(F)c(Cl)c3)C2)cc(=O)n(C)c1=O. The van der Waals surface area contributed by atoms with Gasteiger partial charge >= 0.3 is 5.69 Å². The van der Waals surface area contributed by atoms with E-state index in [1.807, 2.05) is 11.8 Å². The Morgan fingerprint density at radius 2 is 2.07 bits per heavy atom. The van der Waals surface area contributed by atoms with Crippen LogP contribution in [0.15, 0.2) is 33.9 Å². The molecule has 0 radical (unpaired) electrons. The monoisotopic (exact) mass is 422 g/mol. The third-order valence-electron chi connectivity index (χ3n) is 5.26. The van der Waals surface area contributed by atoms with Gasteiger partial charge in [-0.2, -0.15) is 0 Å². The number of piperidine rings is 1. The molecule has 0 bridgehead atoms. The second-order valence-corrected chi connectivity index (χ2v) is 7.59. The zero-order chi connectivity index (χ0) is 21.1. The summed E-state index contributed by atoms with van der Waals surface area (Å²) in [6.07, 6.45) is 1.49. The molecule has 29 heavy (non-hydrogen) atoms. The molecule has 2 heterocycles. The Morgan fingerprint density at radius 1 is 1.31 bits per heavy atom. The summed E-state index contributed by atoms with van der Waals surface area (Å²) in [4.78, 5) is 39.1. The van der Waals surface area contributed by atoms with E-state index in [1.165, 1.54) is 25.2 Å². The van der Waals surface area contributed by atoms with E-state index in [9.17, 15) is 18.8 Å². The van der Waals surface area contributed by atoms with Crippen LogP contribution in [0, 0.1) is 11.7 Å². The number of hydrogen-bond acceptors (Lipinski definition) is 4. The summed E-state index contributed by atoms with van der Waals surface area (Å²) >= 11 is 5.78. The van der Waals surface area contributed by atoms with E-state index < -0.39 is 5.82 Å². The molecule has 156 valence electrons. The highest BCUT2D eigenvalue weighted by Crippen LogP contribution is 2.22. The molecule has 0 aliphatic carbocycles. The summed E-state index contributed by atoms with van der Waals surface area (Å²) in [5.74, 6) is -0.349. The van der Waals surface area contributed by atoms with Gasteiger partial charge in [-0.25, -0.2) is 9.18 Å². The fourth-order valence-electron chi connectivity index (χ4n) is 3.60. The van der Waals surface area contributed by atoms with E-state index in [4.69, 9.17) is 11.6 Å². The lowest BCUT2D eigenvalue weighted by Gasteiger charge is -2.34. The molecule has 1 aliphatic heterocycles. The van der Waals surface area contributed by atoms with Crippen molar-refractivity contribution in [2.24, 2.45) is 13.0 Å². The first-order valence-corrected chi connectivity index (χ1v) is 9.97. The van der Waals surface area contributed by atoms with Crippen molar-refractivity contribution in [1.82, 2.24) is 14.5 Å². The molecule has 2 aromatic rings. The number of nitrogens with zero attached hydrogens (tertiary/aromatic N) is 3. The predicted molar refractivity (Wildman–Crippen MR) is 110 cm³/mol. The number of halogens is 2. The molecule has 7 nitrogen and oxygen atoms in total. The van der Waals surface area contributed by atoms with Crippen LogP contribution >= 0.6 is 11.6 Å². The lowest BCUT2D eigenvalue weighted by Crippen LogP contribution is -2.47. The Bertz CT molecular complexity index is 1030. The molecule has 9 heteroatoms. The molecule has 1 unspecified atom stereocenters. The zero-order valence-electron chi connectivity index (χ0n) is 16.5.